The van der Waals surface area contributed by atoms with Gasteiger partial charge in [-0.3, -0.25) is 9.78 Å². The van der Waals surface area contributed by atoms with E-state index in [0.717, 1.165) is 34.5 Å². The second-order valence-electron chi connectivity index (χ2n) is 7.40. The van der Waals surface area contributed by atoms with E-state index < -0.39 is 22.7 Å². The molecule has 3 aromatic rings. The molecule has 0 spiro atoms. The number of carbonyl (C=O) groups excluding carboxylic acids is 1. The van der Waals surface area contributed by atoms with Crippen LogP contribution >= 0.6 is 11.6 Å². The van der Waals surface area contributed by atoms with Gasteiger partial charge in [0.1, 0.15) is 0 Å². The number of halogens is 4. The average Bonchev–Trinajstić information content (AvgIpc) is 3.25. The number of hydrogen-bond donors (Lipinski definition) is 2. The molecule has 2 heterocycles. The summed E-state index contributed by atoms with van der Waals surface area (Å²) in [5.41, 5.74) is 6.05. The number of hydrogen-bond acceptors (Lipinski definition) is 4. The number of aromatic nitrogens is 1. The minimum absolute atomic E-state index is 0.00929. The fourth-order valence-corrected chi connectivity index (χ4v) is 3.74. The van der Waals surface area contributed by atoms with E-state index in [2.05, 4.69) is 20.8 Å². The van der Waals surface area contributed by atoms with Crippen molar-refractivity contribution in [2.24, 2.45) is 5.10 Å². The van der Waals surface area contributed by atoms with E-state index in [9.17, 15) is 18.0 Å². The van der Waals surface area contributed by atoms with Crippen molar-refractivity contribution in [3.05, 3.63) is 93.8 Å². The number of nitrogens with zero attached hydrogens (tertiary/aromatic N) is 2. The maximum Gasteiger partial charge on any atom is 0.417 e. The van der Waals surface area contributed by atoms with Gasteiger partial charge in [-0.2, -0.15) is 18.3 Å². The normalized spacial score (nSPS) is 15.8. The standard InChI is InChI=1S/C23H18ClF3N4O/c1-13-4-5-14(22(32)29-16-6-7-19(24)18(10-16)23(25,26)27)9-17(13)21-11-20(30-31-21)15-3-2-8-28-12-15/h2-10,12,21,31H,11H2,1H3,(H,29,32). The molecular weight excluding hydrogens is 441 g/mol. The second-order valence-corrected chi connectivity index (χ2v) is 7.81. The zero-order valence-electron chi connectivity index (χ0n) is 16.9. The Morgan fingerprint density at radius 1 is 1.19 bits per heavy atom. The first kappa shape index (κ1) is 21.8. The topological polar surface area (TPSA) is 66.4 Å². The zero-order chi connectivity index (χ0) is 22.9. The lowest BCUT2D eigenvalue weighted by atomic mass is 9.94. The summed E-state index contributed by atoms with van der Waals surface area (Å²) in [5.74, 6) is -0.520. The third kappa shape index (κ3) is 4.60. The van der Waals surface area contributed by atoms with Crippen LogP contribution in [0.5, 0.6) is 0 Å². The van der Waals surface area contributed by atoms with Crippen LogP contribution in [0, 0.1) is 6.92 Å². The van der Waals surface area contributed by atoms with Gasteiger partial charge in [0.25, 0.3) is 5.91 Å². The van der Waals surface area contributed by atoms with Crippen LogP contribution in [-0.2, 0) is 6.18 Å². The number of amides is 1. The summed E-state index contributed by atoms with van der Waals surface area (Å²) in [5, 5.41) is 6.48. The van der Waals surface area contributed by atoms with Crippen molar-refractivity contribution in [2.75, 3.05) is 5.32 Å². The summed E-state index contributed by atoms with van der Waals surface area (Å²) in [6.07, 6.45) is -0.575. The van der Waals surface area contributed by atoms with E-state index >= 15 is 0 Å². The van der Waals surface area contributed by atoms with E-state index in [1.54, 1.807) is 30.6 Å². The van der Waals surface area contributed by atoms with Crippen LogP contribution in [0.1, 0.15) is 45.1 Å². The predicted molar refractivity (Wildman–Crippen MR) is 117 cm³/mol. The Morgan fingerprint density at radius 2 is 2.00 bits per heavy atom. The van der Waals surface area contributed by atoms with Gasteiger partial charge < -0.3 is 10.7 Å². The maximum atomic E-state index is 13.1. The molecule has 1 amide bonds. The molecule has 0 saturated carbocycles. The smallest absolute Gasteiger partial charge is 0.322 e. The Bertz CT molecular complexity index is 1200. The second kappa shape index (κ2) is 8.63. The van der Waals surface area contributed by atoms with Gasteiger partial charge in [-0.25, -0.2) is 0 Å². The van der Waals surface area contributed by atoms with E-state index in [1.807, 2.05) is 19.1 Å². The van der Waals surface area contributed by atoms with E-state index in [0.29, 0.717) is 12.0 Å². The molecule has 2 N–H and O–H groups in total. The highest BCUT2D eigenvalue weighted by Gasteiger charge is 2.33. The van der Waals surface area contributed by atoms with Crippen LogP contribution in [0.25, 0.3) is 0 Å². The number of nitrogens with one attached hydrogen (secondary N) is 2. The molecule has 2 aromatic carbocycles. The van der Waals surface area contributed by atoms with Gasteiger partial charge in [0.2, 0.25) is 0 Å². The number of pyridine rings is 1. The molecule has 5 nitrogen and oxygen atoms in total. The van der Waals surface area contributed by atoms with Crippen molar-refractivity contribution in [1.82, 2.24) is 10.4 Å². The zero-order valence-corrected chi connectivity index (χ0v) is 17.6. The fraction of sp³-hybridized carbons (Fsp3) is 0.174. The molecule has 164 valence electrons. The SMILES string of the molecule is Cc1ccc(C(=O)Nc2ccc(Cl)c(C(F)(F)F)c2)cc1C1CC(c2cccnc2)=NN1. The molecule has 0 bridgehead atoms. The maximum absolute atomic E-state index is 13.1. The number of rotatable bonds is 4. The predicted octanol–water partition coefficient (Wildman–Crippen LogP) is 5.75. The molecule has 9 heteroatoms. The monoisotopic (exact) mass is 458 g/mol. The lowest BCUT2D eigenvalue weighted by molar-refractivity contribution is -0.137. The molecule has 1 aliphatic rings. The molecule has 0 aliphatic carbocycles. The first-order valence-electron chi connectivity index (χ1n) is 9.73. The average molecular weight is 459 g/mol. The molecular formula is C23H18ClF3N4O. The Balaban J connectivity index is 1.53. The molecule has 1 aromatic heterocycles. The Morgan fingerprint density at radius 3 is 2.72 bits per heavy atom. The first-order valence-corrected chi connectivity index (χ1v) is 10.1. The van der Waals surface area contributed by atoms with Crippen LogP contribution in [0.15, 0.2) is 66.0 Å². The number of carbonyl (C=O) groups is 1. The van der Waals surface area contributed by atoms with Crippen molar-refractivity contribution >= 4 is 28.9 Å². The number of aryl methyl sites for hydroxylation is 1. The van der Waals surface area contributed by atoms with E-state index in [4.69, 9.17) is 11.6 Å². The van der Waals surface area contributed by atoms with Crippen molar-refractivity contribution in [3.63, 3.8) is 0 Å². The minimum Gasteiger partial charge on any atom is -0.322 e. The van der Waals surface area contributed by atoms with E-state index in [-0.39, 0.29) is 11.7 Å². The third-order valence-electron chi connectivity index (χ3n) is 5.19. The third-order valence-corrected chi connectivity index (χ3v) is 5.52. The van der Waals surface area contributed by atoms with Crippen molar-refractivity contribution < 1.29 is 18.0 Å². The lowest BCUT2D eigenvalue weighted by Crippen LogP contribution is -2.16. The van der Waals surface area contributed by atoms with Crippen molar-refractivity contribution in [2.45, 2.75) is 25.6 Å². The first-order chi connectivity index (χ1) is 15.2. The summed E-state index contributed by atoms with van der Waals surface area (Å²) in [7, 11) is 0. The summed E-state index contributed by atoms with van der Waals surface area (Å²) in [4.78, 5) is 16.8. The molecule has 4 rings (SSSR count). The summed E-state index contributed by atoms with van der Waals surface area (Å²) in [6, 6.07) is 12.1. The Hall–Kier alpha value is -3.39. The Kier molecular flexibility index (Phi) is 5.88. The summed E-state index contributed by atoms with van der Waals surface area (Å²) < 4.78 is 39.3. The highest BCUT2D eigenvalue weighted by Crippen LogP contribution is 2.36. The summed E-state index contributed by atoms with van der Waals surface area (Å²) >= 11 is 5.65. The molecule has 0 radical (unpaired) electrons. The Labute approximate surface area is 187 Å². The molecule has 1 unspecified atom stereocenters. The quantitative estimate of drug-likeness (QED) is 0.523. The minimum atomic E-state index is -4.62. The van der Waals surface area contributed by atoms with Gasteiger partial charge >= 0.3 is 6.18 Å². The van der Waals surface area contributed by atoms with Gasteiger partial charge in [-0.15, -0.1) is 0 Å². The molecule has 1 aliphatic heterocycles. The molecule has 0 fully saturated rings. The van der Waals surface area contributed by atoms with E-state index in [1.165, 1.54) is 6.07 Å². The van der Waals surface area contributed by atoms with Crippen LogP contribution < -0.4 is 10.7 Å². The number of alkyl halides is 3. The van der Waals surface area contributed by atoms with Crippen LogP contribution in [0.4, 0.5) is 18.9 Å². The van der Waals surface area contributed by atoms with Gasteiger partial charge in [0, 0.05) is 35.6 Å². The molecule has 32 heavy (non-hydrogen) atoms. The number of benzene rings is 2. The van der Waals surface area contributed by atoms with Crippen LogP contribution in [0.3, 0.4) is 0 Å². The molecule has 1 atom stereocenters. The van der Waals surface area contributed by atoms with Crippen LogP contribution in [-0.4, -0.2) is 16.6 Å². The number of hydrazone groups is 1. The van der Waals surface area contributed by atoms with Crippen molar-refractivity contribution in [3.8, 4) is 0 Å². The van der Waals surface area contributed by atoms with Gasteiger partial charge in [-0.1, -0.05) is 23.7 Å². The largest absolute Gasteiger partial charge is 0.417 e. The number of anilines is 1. The van der Waals surface area contributed by atoms with Gasteiger partial charge in [0.15, 0.2) is 0 Å². The summed E-state index contributed by atoms with van der Waals surface area (Å²) in [6.45, 7) is 1.93. The van der Waals surface area contributed by atoms with Crippen molar-refractivity contribution in [1.29, 1.82) is 0 Å². The van der Waals surface area contributed by atoms with Gasteiger partial charge in [0.05, 0.1) is 22.3 Å². The lowest BCUT2D eigenvalue weighted by Gasteiger charge is -2.16. The molecule has 0 saturated heterocycles. The highest BCUT2D eigenvalue weighted by molar-refractivity contribution is 6.31. The highest BCUT2D eigenvalue weighted by atomic mass is 35.5. The fourth-order valence-electron chi connectivity index (χ4n) is 3.52. The van der Waals surface area contributed by atoms with Gasteiger partial charge in [-0.05, 0) is 54.4 Å². The van der Waals surface area contributed by atoms with Crippen LogP contribution in [0.2, 0.25) is 5.02 Å².